The number of para-hydroxylation sites is 1. The second kappa shape index (κ2) is 9.31. The average Bonchev–Trinajstić information content (AvgIpc) is 2.66. The van der Waals surface area contributed by atoms with Crippen molar-refractivity contribution in [3.63, 3.8) is 0 Å². The molecule has 0 aliphatic heterocycles. The zero-order valence-electron chi connectivity index (χ0n) is 14.2. The molecule has 0 bridgehead atoms. The largest absolute Gasteiger partial charge is 0.482 e. The maximum absolute atomic E-state index is 13.4. The highest BCUT2D eigenvalue weighted by molar-refractivity contribution is 5.96. The fourth-order valence-electron chi connectivity index (χ4n) is 2.02. The van der Waals surface area contributed by atoms with E-state index in [1.165, 1.54) is 18.2 Å². The van der Waals surface area contributed by atoms with Crippen molar-refractivity contribution in [2.75, 3.05) is 18.5 Å². The third-order valence-corrected chi connectivity index (χ3v) is 3.37. The van der Waals surface area contributed by atoms with Gasteiger partial charge in [-0.2, -0.15) is 0 Å². The molecule has 0 radical (unpaired) electrons. The molecular formula is C19H18FNO5. The van der Waals surface area contributed by atoms with Crippen LogP contribution in [0.15, 0.2) is 48.5 Å². The van der Waals surface area contributed by atoms with Crippen molar-refractivity contribution in [3.05, 3.63) is 59.9 Å². The molecule has 1 amide bonds. The molecule has 136 valence electrons. The maximum atomic E-state index is 13.4. The third kappa shape index (κ3) is 5.70. The summed E-state index contributed by atoms with van der Waals surface area (Å²) >= 11 is 0. The molecule has 0 aromatic heterocycles. The van der Waals surface area contributed by atoms with Crippen LogP contribution in [0.5, 0.6) is 5.75 Å². The first kappa shape index (κ1) is 19.1. The molecule has 2 rings (SSSR count). The molecule has 1 N–H and O–H groups in total. The summed E-state index contributed by atoms with van der Waals surface area (Å²) in [5.41, 5.74) is 0.568. The standard InChI is InChI=1S/C19H18FNO5/c1-2-17(22)13-7-9-14(10-8-13)25-12-19(24)26-11-18(23)21-16-6-4-3-5-15(16)20/h3-10H,2,11-12H2,1H3,(H,21,23). The number of benzene rings is 2. The number of esters is 1. The summed E-state index contributed by atoms with van der Waals surface area (Å²) in [6, 6.07) is 12.0. The summed E-state index contributed by atoms with van der Waals surface area (Å²) in [5.74, 6) is -1.59. The molecule has 2 aromatic rings. The topological polar surface area (TPSA) is 81.7 Å². The number of hydrogen-bond acceptors (Lipinski definition) is 5. The molecule has 0 saturated carbocycles. The summed E-state index contributed by atoms with van der Waals surface area (Å²) in [7, 11) is 0. The van der Waals surface area contributed by atoms with Gasteiger partial charge in [-0.3, -0.25) is 9.59 Å². The lowest BCUT2D eigenvalue weighted by molar-refractivity contribution is -0.149. The Morgan fingerprint density at radius 3 is 2.35 bits per heavy atom. The van der Waals surface area contributed by atoms with Gasteiger partial charge in [0.2, 0.25) is 0 Å². The molecule has 0 fully saturated rings. The molecule has 0 aliphatic carbocycles. The van der Waals surface area contributed by atoms with Gasteiger partial charge in [0.15, 0.2) is 19.0 Å². The van der Waals surface area contributed by atoms with Crippen molar-refractivity contribution in [2.24, 2.45) is 0 Å². The second-order valence-electron chi connectivity index (χ2n) is 5.28. The summed E-state index contributed by atoms with van der Waals surface area (Å²) < 4.78 is 23.4. The van der Waals surface area contributed by atoms with Crippen LogP contribution in [0.4, 0.5) is 10.1 Å². The van der Waals surface area contributed by atoms with Crippen molar-refractivity contribution >= 4 is 23.3 Å². The van der Waals surface area contributed by atoms with E-state index in [0.717, 1.165) is 0 Å². The molecule has 0 aliphatic rings. The lowest BCUT2D eigenvalue weighted by Crippen LogP contribution is -2.24. The van der Waals surface area contributed by atoms with Crippen LogP contribution in [-0.2, 0) is 14.3 Å². The number of nitrogens with one attached hydrogen (secondary N) is 1. The molecule has 0 atom stereocenters. The van der Waals surface area contributed by atoms with Gasteiger partial charge >= 0.3 is 5.97 Å². The highest BCUT2D eigenvalue weighted by atomic mass is 19.1. The lowest BCUT2D eigenvalue weighted by Gasteiger charge is -2.08. The van der Waals surface area contributed by atoms with Crippen molar-refractivity contribution < 1.29 is 28.2 Å². The fraction of sp³-hybridized carbons (Fsp3) is 0.211. The van der Waals surface area contributed by atoms with Gasteiger partial charge in [-0.25, -0.2) is 9.18 Å². The van der Waals surface area contributed by atoms with Gasteiger partial charge in [-0.1, -0.05) is 19.1 Å². The zero-order valence-corrected chi connectivity index (χ0v) is 14.2. The predicted octanol–water partition coefficient (Wildman–Crippen LogP) is 2.98. The molecular weight excluding hydrogens is 341 g/mol. The summed E-state index contributed by atoms with van der Waals surface area (Å²) in [6.45, 7) is 0.819. The molecule has 0 spiro atoms. The van der Waals surface area contributed by atoms with Crippen molar-refractivity contribution in [3.8, 4) is 5.75 Å². The van der Waals surface area contributed by atoms with Crippen LogP contribution in [0, 0.1) is 5.82 Å². The van der Waals surface area contributed by atoms with E-state index in [9.17, 15) is 18.8 Å². The first-order valence-electron chi connectivity index (χ1n) is 7.95. The zero-order chi connectivity index (χ0) is 18.9. The average molecular weight is 359 g/mol. The van der Waals surface area contributed by atoms with Gasteiger partial charge in [0, 0.05) is 12.0 Å². The van der Waals surface area contributed by atoms with Gasteiger partial charge < -0.3 is 14.8 Å². The Hall–Kier alpha value is -3.22. The van der Waals surface area contributed by atoms with Crippen LogP contribution in [0.25, 0.3) is 0 Å². The molecule has 26 heavy (non-hydrogen) atoms. The van der Waals surface area contributed by atoms with Crippen LogP contribution < -0.4 is 10.1 Å². The monoisotopic (exact) mass is 359 g/mol. The Bertz CT molecular complexity index is 789. The number of carbonyl (C=O) groups is 3. The Kier molecular flexibility index (Phi) is 6.84. The van der Waals surface area contributed by atoms with Gasteiger partial charge in [-0.05, 0) is 36.4 Å². The third-order valence-electron chi connectivity index (χ3n) is 3.37. The second-order valence-corrected chi connectivity index (χ2v) is 5.28. The van der Waals surface area contributed by atoms with Gasteiger partial charge in [0.05, 0.1) is 5.69 Å². The van der Waals surface area contributed by atoms with E-state index < -0.39 is 30.9 Å². The van der Waals surface area contributed by atoms with Crippen LogP contribution in [-0.4, -0.2) is 30.9 Å². The molecule has 0 saturated heterocycles. The smallest absolute Gasteiger partial charge is 0.344 e. The van der Waals surface area contributed by atoms with Gasteiger partial charge in [0.1, 0.15) is 11.6 Å². The first-order valence-corrected chi connectivity index (χ1v) is 7.95. The minimum Gasteiger partial charge on any atom is -0.482 e. The van der Waals surface area contributed by atoms with Crippen LogP contribution >= 0.6 is 0 Å². The number of ether oxygens (including phenoxy) is 2. The Balaban J connectivity index is 1.74. The molecule has 6 nitrogen and oxygen atoms in total. The van der Waals surface area contributed by atoms with E-state index in [4.69, 9.17) is 9.47 Å². The Labute approximate surface area is 149 Å². The van der Waals surface area contributed by atoms with Crippen LogP contribution in [0.2, 0.25) is 0 Å². The summed E-state index contributed by atoms with van der Waals surface area (Å²) in [5, 5.41) is 2.30. The SMILES string of the molecule is CCC(=O)c1ccc(OCC(=O)OCC(=O)Nc2ccccc2F)cc1. The van der Waals surface area contributed by atoms with E-state index in [2.05, 4.69) is 5.32 Å². The normalized spacial score (nSPS) is 10.1. The maximum Gasteiger partial charge on any atom is 0.344 e. The van der Waals surface area contributed by atoms with Crippen molar-refractivity contribution in [1.82, 2.24) is 0 Å². The predicted molar refractivity (Wildman–Crippen MR) is 92.5 cm³/mol. The molecule has 0 heterocycles. The Morgan fingerprint density at radius 2 is 1.69 bits per heavy atom. The van der Waals surface area contributed by atoms with E-state index in [0.29, 0.717) is 17.7 Å². The van der Waals surface area contributed by atoms with Crippen molar-refractivity contribution in [1.29, 1.82) is 0 Å². The van der Waals surface area contributed by atoms with E-state index in [1.54, 1.807) is 37.3 Å². The molecule has 2 aromatic carbocycles. The number of rotatable bonds is 8. The Morgan fingerprint density at radius 1 is 1.00 bits per heavy atom. The van der Waals surface area contributed by atoms with E-state index >= 15 is 0 Å². The quantitative estimate of drug-likeness (QED) is 0.579. The lowest BCUT2D eigenvalue weighted by atomic mass is 10.1. The number of halogens is 1. The summed E-state index contributed by atoms with van der Waals surface area (Å²) in [6.07, 6.45) is 0.404. The fourth-order valence-corrected chi connectivity index (χ4v) is 2.02. The molecule has 0 unspecified atom stereocenters. The highest BCUT2D eigenvalue weighted by Gasteiger charge is 2.11. The minimum absolute atomic E-state index is 0.00603. The number of anilines is 1. The minimum atomic E-state index is -0.748. The highest BCUT2D eigenvalue weighted by Crippen LogP contribution is 2.14. The number of ketones is 1. The van der Waals surface area contributed by atoms with E-state index in [-0.39, 0.29) is 11.5 Å². The number of hydrogen-bond donors (Lipinski definition) is 1. The van der Waals surface area contributed by atoms with Gasteiger partial charge in [0.25, 0.3) is 5.91 Å². The number of carbonyl (C=O) groups excluding carboxylic acids is 3. The van der Waals surface area contributed by atoms with E-state index in [1.807, 2.05) is 0 Å². The number of Topliss-reactive ketones (excluding diaryl/α,β-unsaturated/α-hetero) is 1. The van der Waals surface area contributed by atoms with Crippen LogP contribution in [0.3, 0.4) is 0 Å². The van der Waals surface area contributed by atoms with Gasteiger partial charge in [-0.15, -0.1) is 0 Å². The first-order chi connectivity index (χ1) is 12.5. The molecule has 7 heteroatoms. The van der Waals surface area contributed by atoms with Crippen molar-refractivity contribution in [2.45, 2.75) is 13.3 Å². The van der Waals surface area contributed by atoms with Crippen LogP contribution in [0.1, 0.15) is 23.7 Å². The number of amides is 1. The summed E-state index contributed by atoms with van der Waals surface area (Å²) in [4.78, 5) is 34.8.